The van der Waals surface area contributed by atoms with Gasteiger partial charge in [0.1, 0.15) is 0 Å². The number of aryl methyl sites for hydroxylation is 1. The molecule has 0 saturated carbocycles. The fourth-order valence-electron chi connectivity index (χ4n) is 3.29. The van der Waals surface area contributed by atoms with Gasteiger partial charge in [0, 0.05) is 30.7 Å². The van der Waals surface area contributed by atoms with Gasteiger partial charge in [-0.05, 0) is 44.2 Å². The number of piperidine rings is 1. The highest BCUT2D eigenvalue weighted by molar-refractivity contribution is 7.09. The Morgan fingerprint density at radius 1 is 1.27 bits per heavy atom. The molecule has 0 bridgehead atoms. The van der Waals surface area contributed by atoms with Crippen LogP contribution in [0.2, 0.25) is 0 Å². The second-order valence-corrected chi connectivity index (χ2v) is 7.69. The number of benzene rings is 1. The maximum absolute atomic E-state index is 12.3. The van der Waals surface area contributed by atoms with Gasteiger partial charge in [0.2, 0.25) is 0 Å². The summed E-state index contributed by atoms with van der Waals surface area (Å²) in [5.74, 6) is 0. The molecule has 3 rings (SSSR count). The molecular weight excluding hydrogens is 344 g/mol. The van der Waals surface area contributed by atoms with E-state index in [1.54, 1.807) is 11.3 Å². The highest BCUT2D eigenvalue weighted by atomic mass is 32.1. The summed E-state index contributed by atoms with van der Waals surface area (Å²) in [6, 6.07) is 8.11. The van der Waals surface area contributed by atoms with Crippen molar-refractivity contribution in [2.24, 2.45) is 0 Å². The highest BCUT2D eigenvalue weighted by Gasteiger charge is 2.16. The predicted octanol–water partition coefficient (Wildman–Crippen LogP) is 4.26. The molecule has 5 nitrogen and oxygen atoms in total. The van der Waals surface area contributed by atoms with Crippen LogP contribution in [0.3, 0.4) is 0 Å². The fraction of sp³-hybridized carbons (Fsp3) is 0.500. The molecule has 1 aromatic carbocycles. The monoisotopic (exact) mass is 372 g/mol. The van der Waals surface area contributed by atoms with Crippen molar-refractivity contribution in [3.05, 3.63) is 45.9 Å². The largest absolute Gasteiger partial charge is 0.371 e. The summed E-state index contributed by atoms with van der Waals surface area (Å²) >= 11 is 1.64. The van der Waals surface area contributed by atoms with Gasteiger partial charge in [0.15, 0.2) is 0 Å². The molecule has 1 aromatic heterocycles. The van der Waals surface area contributed by atoms with Gasteiger partial charge in [-0.1, -0.05) is 25.1 Å². The number of hydrogen-bond donors (Lipinski definition) is 2. The van der Waals surface area contributed by atoms with Crippen LogP contribution in [0, 0.1) is 0 Å². The Kier molecular flexibility index (Phi) is 6.50. The first-order chi connectivity index (χ1) is 12.7. The lowest BCUT2D eigenvalue weighted by molar-refractivity contribution is 0.237. The molecule has 2 heterocycles. The SMILES string of the molecule is CCc1nc(C(C)NC(=O)NCc2ccccc2N2CCCCC2)cs1. The van der Waals surface area contributed by atoms with Crippen molar-refractivity contribution >= 4 is 23.1 Å². The fourth-order valence-corrected chi connectivity index (χ4v) is 4.13. The second-order valence-electron chi connectivity index (χ2n) is 6.74. The number of thiazole rings is 1. The van der Waals surface area contributed by atoms with Gasteiger partial charge in [0.25, 0.3) is 0 Å². The lowest BCUT2D eigenvalue weighted by atomic mass is 10.1. The Bertz CT molecular complexity index is 724. The zero-order chi connectivity index (χ0) is 18.4. The Morgan fingerprint density at radius 2 is 2.04 bits per heavy atom. The Hall–Kier alpha value is -2.08. The number of amides is 2. The van der Waals surface area contributed by atoms with E-state index in [1.807, 2.05) is 18.4 Å². The van der Waals surface area contributed by atoms with Crippen LogP contribution >= 0.6 is 11.3 Å². The topological polar surface area (TPSA) is 57.3 Å². The number of nitrogens with zero attached hydrogens (tertiary/aromatic N) is 2. The van der Waals surface area contributed by atoms with Crippen molar-refractivity contribution < 1.29 is 4.79 Å². The minimum atomic E-state index is -0.156. The van der Waals surface area contributed by atoms with E-state index in [1.165, 1.54) is 30.5 Å². The average Bonchev–Trinajstić information content (AvgIpc) is 3.17. The average molecular weight is 373 g/mol. The van der Waals surface area contributed by atoms with Gasteiger partial charge in [0.05, 0.1) is 16.7 Å². The first kappa shape index (κ1) is 18.7. The third-order valence-electron chi connectivity index (χ3n) is 4.79. The highest BCUT2D eigenvalue weighted by Crippen LogP contribution is 2.24. The number of anilines is 1. The second kappa shape index (κ2) is 9.03. The first-order valence-corrected chi connectivity index (χ1v) is 10.4. The van der Waals surface area contributed by atoms with Gasteiger partial charge in [-0.2, -0.15) is 0 Å². The predicted molar refractivity (Wildman–Crippen MR) is 108 cm³/mol. The number of aromatic nitrogens is 1. The molecule has 6 heteroatoms. The van der Waals surface area contributed by atoms with Crippen molar-refractivity contribution in [2.45, 2.75) is 52.1 Å². The standard InChI is InChI=1S/C20H28N4OS/c1-3-19-23-17(14-26-19)15(2)22-20(25)21-13-16-9-5-6-10-18(16)24-11-7-4-8-12-24/h5-6,9-10,14-15H,3-4,7-8,11-13H2,1-2H3,(H2,21,22,25). The molecule has 26 heavy (non-hydrogen) atoms. The maximum Gasteiger partial charge on any atom is 0.315 e. The molecular formula is C20H28N4OS. The summed E-state index contributed by atoms with van der Waals surface area (Å²) in [7, 11) is 0. The molecule has 0 radical (unpaired) electrons. The van der Waals surface area contributed by atoms with Gasteiger partial charge in [-0.3, -0.25) is 0 Å². The van der Waals surface area contributed by atoms with Crippen molar-refractivity contribution in [1.29, 1.82) is 0 Å². The van der Waals surface area contributed by atoms with E-state index >= 15 is 0 Å². The maximum atomic E-state index is 12.3. The molecule has 0 spiro atoms. The Labute approximate surface area is 159 Å². The van der Waals surface area contributed by atoms with Crippen molar-refractivity contribution in [1.82, 2.24) is 15.6 Å². The number of para-hydroxylation sites is 1. The third kappa shape index (κ3) is 4.75. The van der Waals surface area contributed by atoms with E-state index in [-0.39, 0.29) is 12.1 Å². The quantitative estimate of drug-likeness (QED) is 0.797. The van der Waals surface area contributed by atoms with Crippen LogP contribution in [-0.4, -0.2) is 24.1 Å². The summed E-state index contributed by atoms with van der Waals surface area (Å²) in [4.78, 5) is 19.3. The molecule has 1 fully saturated rings. The Balaban J connectivity index is 1.56. The van der Waals surface area contributed by atoms with Gasteiger partial charge in [-0.15, -0.1) is 11.3 Å². The van der Waals surface area contributed by atoms with E-state index in [9.17, 15) is 4.79 Å². The summed E-state index contributed by atoms with van der Waals surface area (Å²) < 4.78 is 0. The minimum Gasteiger partial charge on any atom is -0.371 e. The molecule has 0 aliphatic carbocycles. The minimum absolute atomic E-state index is 0.0936. The van der Waals surface area contributed by atoms with E-state index < -0.39 is 0 Å². The number of carbonyl (C=O) groups excluding carboxylic acids is 1. The lowest BCUT2D eigenvalue weighted by Crippen LogP contribution is -2.37. The van der Waals surface area contributed by atoms with Crippen molar-refractivity contribution in [3.63, 3.8) is 0 Å². The smallest absolute Gasteiger partial charge is 0.315 e. The van der Waals surface area contributed by atoms with Gasteiger partial charge < -0.3 is 15.5 Å². The summed E-state index contributed by atoms with van der Waals surface area (Å²) in [6.07, 6.45) is 4.73. The van der Waals surface area contributed by atoms with Crippen LogP contribution in [0.1, 0.15) is 55.4 Å². The number of nitrogens with one attached hydrogen (secondary N) is 2. The van der Waals surface area contributed by atoms with E-state index in [0.29, 0.717) is 6.54 Å². The molecule has 2 amide bonds. The van der Waals surface area contributed by atoms with Crippen LogP contribution in [0.25, 0.3) is 0 Å². The van der Waals surface area contributed by atoms with Crippen molar-refractivity contribution in [3.8, 4) is 0 Å². The molecule has 2 N–H and O–H groups in total. The number of hydrogen-bond acceptors (Lipinski definition) is 4. The van der Waals surface area contributed by atoms with E-state index in [4.69, 9.17) is 0 Å². The summed E-state index contributed by atoms with van der Waals surface area (Å²) in [5, 5.41) is 9.11. The van der Waals surface area contributed by atoms with Crippen LogP contribution in [0.5, 0.6) is 0 Å². The lowest BCUT2D eigenvalue weighted by Gasteiger charge is -2.30. The van der Waals surface area contributed by atoms with Crippen LogP contribution in [0.15, 0.2) is 29.6 Å². The van der Waals surface area contributed by atoms with Crippen molar-refractivity contribution in [2.75, 3.05) is 18.0 Å². The number of carbonyl (C=O) groups is 1. The molecule has 140 valence electrons. The van der Waals surface area contributed by atoms with E-state index in [2.05, 4.69) is 45.6 Å². The molecule has 1 atom stereocenters. The van der Waals surface area contributed by atoms with Gasteiger partial charge >= 0.3 is 6.03 Å². The summed E-state index contributed by atoms with van der Waals surface area (Å²) in [5.41, 5.74) is 3.34. The third-order valence-corrected chi connectivity index (χ3v) is 5.80. The van der Waals surface area contributed by atoms with Crippen LogP contribution in [-0.2, 0) is 13.0 Å². The Morgan fingerprint density at radius 3 is 2.77 bits per heavy atom. The summed E-state index contributed by atoms with van der Waals surface area (Å²) in [6.45, 7) is 6.79. The van der Waals surface area contributed by atoms with E-state index in [0.717, 1.165) is 30.2 Å². The van der Waals surface area contributed by atoms with Crippen LogP contribution in [0.4, 0.5) is 10.5 Å². The van der Waals surface area contributed by atoms with Gasteiger partial charge in [-0.25, -0.2) is 9.78 Å². The normalized spacial score (nSPS) is 15.5. The molecule has 1 aliphatic rings. The molecule has 1 saturated heterocycles. The molecule has 1 aliphatic heterocycles. The number of urea groups is 1. The zero-order valence-corrected chi connectivity index (χ0v) is 16.4. The first-order valence-electron chi connectivity index (χ1n) is 9.49. The number of rotatable bonds is 6. The molecule has 1 unspecified atom stereocenters. The molecule has 2 aromatic rings. The zero-order valence-electron chi connectivity index (χ0n) is 15.6. The van der Waals surface area contributed by atoms with Crippen LogP contribution < -0.4 is 15.5 Å².